The normalized spacial score (nSPS) is 11.3. The lowest BCUT2D eigenvalue weighted by Crippen LogP contribution is -1.83. The smallest absolute Gasteiger partial charge is 0.312 e. The van der Waals surface area contributed by atoms with Crippen molar-refractivity contribution in [3.63, 3.8) is 0 Å². The number of hydrogen-bond donors (Lipinski definition) is 1. The summed E-state index contributed by atoms with van der Waals surface area (Å²) < 4.78 is 6.20. The van der Waals surface area contributed by atoms with Crippen LogP contribution in [0.1, 0.15) is 16.8 Å². The van der Waals surface area contributed by atoms with Crippen LogP contribution in [0.2, 0.25) is 0 Å². The number of oxazole rings is 1. The van der Waals surface area contributed by atoms with Crippen LogP contribution < -0.4 is 0 Å². The summed E-state index contributed by atoms with van der Waals surface area (Å²) in [6, 6.07) is 13.6. The lowest BCUT2D eigenvalue weighted by molar-refractivity contribution is 0.337. The maximum atomic E-state index is 9.91. The molecule has 0 amide bonds. The van der Waals surface area contributed by atoms with E-state index in [0.717, 1.165) is 26.9 Å². The zero-order valence-corrected chi connectivity index (χ0v) is 14.3. The van der Waals surface area contributed by atoms with E-state index in [4.69, 9.17) is 4.42 Å². The Morgan fingerprint density at radius 1 is 1.09 bits per heavy atom. The number of halogens is 1. The number of rotatable bonds is 3. The Bertz CT molecular complexity index is 867. The van der Waals surface area contributed by atoms with Crippen molar-refractivity contribution in [3.05, 3.63) is 63.8 Å². The minimum atomic E-state index is -0.243. The summed E-state index contributed by atoms with van der Waals surface area (Å²) in [6.45, 7) is 4.02. The van der Waals surface area contributed by atoms with Crippen molar-refractivity contribution in [2.45, 2.75) is 13.8 Å². The molecule has 0 atom stereocenters. The largest absolute Gasteiger partial charge is 0.479 e. The Morgan fingerprint density at radius 3 is 2.48 bits per heavy atom. The summed E-state index contributed by atoms with van der Waals surface area (Å²) >= 11 is 3.47. The maximum Gasteiger partial charge on any atom is 0.312 e. The molecule has 1 N–H and O–H groups in total. The fourth-order valence-corrected chi connectivity index (χ4v) is 2.67. The van der Waals surface area contributed by atoms with E-state index < -0.39 is 0 Å². The van der Waals surface area contributed by atoms with Gasteiger partial charge in [0, 0.05) is 10.0 Å². The number of aliphatic imine (C=N–C) groups is 1. The summed E-state index contributed by atoms with van der Waals surface area (Å²) in [5.74, 6) is 0.125. The van der Waals surface area contributed by atoms with Gasteiger partial charge in [0.2, 0.25) is 5.89 Å². The Morgan fingerprint density at radius 2 is 1.78 bits per heavy atom. The Kier molecular flexibility index (Phi) is 4.30. The summed E-state index contributed by atoms with van der Waals surface area (Å²) in [4.78, 5) is 8.64. The van der Waals surface area contributed by atoms with Gasteiger partial charge in [-0.25, -0.2) is 4.98 Å². The van der Waals surface area contributed by atoms with Crippen molar-refractivity contribution >= 4 is 27.8 Å². The highest BCUT2D eigenvalue weighted by atomic mass is 79.9. The monoisotopic (exact) mass is 370 g/mol. The van der Waals surface area contributed by atoms with Crippen LogP contribution in [0.3, 0.4) is 0 Å². The number of aromatic hydroxyl groups is 1. The van der Waals surface area contributed by atoms with Crippen LogP contribution in [0.25, 0.3) is 11.5 Å². The van der Waals surface area contributed by atoms with Gasteiger partial charge < -0.3 is 9.52 Å². The third kappa shape index (κ3) is 3.51. The first-order chi connectivity index (χ1) is 11.0. The average molecular weight is 371 g/mol. The van der Waals surface area contributed by atoms with Crippen molar-refractivity contribution in [1.29, 1.82) is 0 Å². The van der Waals surface area contributed by atoms with Crippen LogP contribution >= 0.6 is 15.9 Å². The molecule has 5 heteroatoms. The van der Waals surface area contributed by atoms with Crippen LogP contribution in [-0.2, 0) is 0 Å². The van der Waals surface area contributed by atoms with Crippen molar-refractivity contribution in [2.75, 3.05) is 0 Å². The van der Waals surface area contributed by atoms with E-state index in [1.165, 1.54) is 6.21 Å². The molecule has 0 aliphatic heterocycles. The Balaban J connectivity index is 1.89. The molecule has 0 saturated carbocycles. The van der Waals surface area contributed by atoms with Gasteiger partial charge in [0.1, 0.15) is 0 Å². The van der Waals surface area contributed by atoms with Gasteiger partial charge in [-0.05, 0) is 59.6 Å². The van der Waals surface area contributed by atoms with Crippen molar-refractivity contribution in [2.24, 2.45) is 4.99 Å². The van der Waals surface area contributed by atoms with Gasteiger partial charge in [0.15, 0.2) is 5.69 Å². The predicted octanol–water partition coefficient (Wildman–Crippen LogP) is 5.18. The average Bonchev–Trinajstić information content (AvgIpc) is 2.88. The summed E-state index contributed by atoms with van der Waals surface area (Å²) in [5.41, 5.74) is 4.15. The van der Waals surface area contributed by atoms with Gasteiger partial charge in [-0.2, -0.15) is 0 Å². The third-order valence-electron chi connectivity index (χ3n) is 3.36. The number of nitrogens with zero attached hydrogens (tertiary/aromatic N) is 2. The minimum Gasteiger partial charge on any atom is -0.479 e. The molecular weight excluding hydrogens is 356 g/mol. The van der Waals surface area contributed by atoms with Gasteiger partial charge in [0.05, 0.1) is 11.9 Å². The van der Waals surface area contributed by atoms with Crippen molar-refractivity contribution in [1.82, 2.24) is 4.98 Å². The van der Waals surface area contributed by atoms with Crippen LogP contribution in [0, 0.1) is 13.8 Å². The molecule has 0 unspecified atom stereocenters. The van der Waals surface area contributed by atoms with Gasteiger partial charge >= 0.3 is 5.95 Å². The van der Waals surface area contributed by atoms with Crippen LogP contribution in [-0.4, -0.2) is 16.3 Å². The van der Waals surface area contributed by atoms with E-state index in [1.54, 1.807) is 0 Å². The molecule has 0 aliphatic rings. The number of aryl methyl sites for hydroxylation is 2. The molecule has 23 heavy (non-hydrogen) atoms. The predicted molar refractivity (Wildman–Crippen MR) is 94.5 cm³/mol. The van der Waals surface area contributed by atoms with Gasteiger partial charge in [-0.1, -0.05) is 23.8 Å². The molecular formula is C18H15BrN2O2. The lowest BCUT2D eigenvalue weighted by atomic mass is 10.1. The first-order valence-electron chi connectivity index (χ1n) is 7.10. The minimum absolute atomic E-state index is 0.243. The SMILES string of the molecule is Cc1ccc(-c2nc(C=Nc3ccc(C)cc3Br)c(O)o2)cc1. The van der Waals surface area contributed by atoms with Gasteiger partial charge in [0.25, 0.3) is 0 Å². The summed E-state index contributed by atoms with van der Waals surface area (Å²) in [5, 5.41) is 9.91. The summed E-state index contributed by atoms with van der Waals surface area (Å²) in [7, 11) is 0. The highest BCUT2D eigenvalue weighted by molar-refractivity contribution is 9.10. The fourth-order valence-electron chi connectivity index (χ4n) is 2.07. The molecule has 0 saturated heterocycles. The highest BCUT2D eigenvalue weighted by Gasteiger charge is 2.12. The first-order valence-corrected chi connectivity index (χ1v) is 7.89. The Labute approximate surface area is 142 Å². The van der Waals surface area contributed by atoms with Gasteiger partial charge in [-0.15, -0.1) is 0 Å². The number of hydrogen-bond acceptors (Lipinski definition) is 4. The molecule has 1 heterocycles. The standard InChI is InChI=1S/C18H15BrN2O2/c1-11-3-6-13(7-4-11)17-21-16(18(22)23-17)10-20-15-8-5-12(2)9-14(15)19/h3-10,22H,1-2H3. The second-order valence-corrected chi connectivity index (χ2v) is 6.14. The molecule has 0 radical (unpaired) electrons. The van der Waals surface area contributed by atoms with E-state index in [2.05, 4.69) is 25.9 Å². The molecule has 0 bridgehead atoms. The van der Waals surface area contributed by atoms with Crippen molar-refractivity contribution < 1.29 is 9.52 Å². The van der Waals surface area contributed by atoms with Crippen LogP contribution in [0.5, 0.6) is 5.95 Å². The molecule has 0 aliphatic carbocycles. The molecule has 116 valence electrons. The topological polar surface area (TPSA) is 58.6 Å². The van der Waals surface area contributed by atoms with E-state index in [1.807, 2.05) is 56.3 Å². The molecule has 0 fully saturated rings. The van der Waals surface area contributed by atoms with E-state index >= 15 is 0 Å². The maximum absolute atomic E-state index is 9.91. The number of benzene rings is 2. The third-order valence-corrected chi connectivity index (χ3v) is 4.00. The fraction of sp³-hybridized carbons (Fsp3) is 0.111. The van der Waals surface area contributed by atoms with E-state index in [0.29, 0.717) is 11.6 Å². The van der Waals surface area contributed by atoms with Crippen LogP contribution in [0.4, 0.5) is 5.69 Å². The quantitative estimate of drug-likeness (QED) is 0.646. The molecule has 0 spiro atoms. The highest BCUT2D eigenvalue weighted by Crippen LogP contribution is 2.28. The number of aromatic nitrogens is 1. The second kappa shape index (κ2) is 6.38. The zero-order valence-electron chi connectivity index (χ0n) is 12.7. The van der Waals surface area contributed by atoms with Crippen LogP contribution in [0.15, 0.2) is 56.3 Å². The van der Waals surface area contributed by atoms with Gasteiger partial charge in [-0.3, -0.25) is 4.99 Å². The molecule has 1 aromatic heterocycles. The second-order valence-electron chi connectivity index (χ2n) is 5.29. The Hall–Kier alpha value is -2.40. The zero-order chi connectivity index (χ0) is 16.4. The van der Waals surface area contributed by atoms with E-state index in [-0.39, 0.29) is 5.95 Å². The molecule has 2 aromatic carbocycles. The van der Waals surface area contributed by atoms with E-state index in [9.17, 15) is 5.11 Å². The molecule has 3 aromatic rings. The molecule has 4 nitrogen and oxygen atoms in total. The first kappa shape index (κ1) is 15.5. The molecule has 3 rings (SSSR count). The lowest BCUT2D eigenvalue weighted by Gasteiger charge is -1.98. The van der Waals surface area contributed by atoms with Crippen molar-refractivity contribution in [3.8, 4) is 17.4 Å². The summed E-state index contributed by atoms with van der Waals surface area (Å²) in [6.07, 6.45) is 1.49.